The second-order valence-corrected chi connectivity index (χ2v) is 10.7. The highest BCUT2D eigenvalue weighted by Crippen LogP contribution is 2.48. The van der Waals surface area contributed by atoms with Crippen molar-refractivity contribution in [2.75, 3.05) is 33.3 Å². The molecule has 2 aromatic rings. The van der Waals surface area contributed by atoms with Crippen molar-refractivity contribution in [3.63, 3.8) is 0 Å². The molecule has 0 bridgehead atoms. The summed E-state index contributed by atoms with van der Waals surface area (Å²) in [6.07, 6.45) is -0.737. The molecule has 11 heteroatoms. The molecule has 1 heterocycles. The topological polar surface area (TPSA) is 122 Å². The number of nitrogens with zero attached hydrogens (tertiary/aromatic N) is 1. The zero-order valence-electron chi connectivity index (χ0n) is 24.9. The van der Waals surface area contributed by atoms with E-state index in [4.69, 9.17) is 28.4 Å². The number of carbonyl (C=O) groups is 3. The summed E-state index contributed by atoms with van der Waals surface area (Å²) >= 11 is 0. The molecule has 0 aromatic heterocycles. The number of methoxy groups -OCH3 is 4. The van der Waals surface area contributed by atoms with Crippen LogP contribution in [-0.2, 0) is 14.3 Å². The summed E-state index contributed by atoms with van der Waals surface area (Å²) < 4.78 is 32.8. The van der Waals surface area contributed by atoms with E-state index in [2.05, 4.69) is 11.9 Å². The molecule has 41 heavy (non-hydrogen) atoms. The van der Waals surface area contributed by atoms with E-state index in [0.717, 1.165) is 0 Å². The van der Waals surface area contributed by atoms with Crippen molar-refractivity contribution in [2.24, 2.45) is 5.92 Å². The summed E-state index contributed by atoms with van der Waals surface area (Å²) in [5.74, 6) is 0.261. The molecule has 0 radical (unpaired) electrons. The smallest absolute Gasteiger partial charge is 0.408 e. The first-order chi connectivity index (χ1) is 19.3. The number of rotatable bonds is 10. The Morgan fingerprint density at radius 2 is 1.49 bits per heavy atom. The van der Waals surface area contributed by atoms with Crippen molar-refractivity contribution in [2.45, 2.75) is 52.3 Å². The van der Waals surface area contributed by atoms with Crippen LogP contribution in [0.15, 0.2) is 42.5 Å². The highest BCUT2D eigenvalue weighted by molar-refractivity contribution is 6.15. The third kappa shape index (κ3) is 6.67. The van der Waals surface area contributed by atoms with Crippen LogP contribution in [0.3, 0.4) is 0 Å². The fourth-order valence-corrected chi connectivity index (χ4v) is 4.35. The molecule has 0 aliphatic carbocycles. The predicted octanol–water partition coefficient (Wildman–Crippen LogP) is 4.82. The Balaban J connectivity index is 1.95. The second-order valence-electron chi connectivity index (χ2n) is 10.7. The Morgan fingerprint density at radius 3 is 1.98 bits per heavy atom. The molecule has 0 spiro atoms. The lowest BCUT2D eigenvalue weighted by atomic mass is 9.88. The van der Waals surface area contributed by atoms with E-state index in [1.807, 2.05) is 0 Å². The average Bonchev–Trinajstić information content (AvgIpc) is 2.91. The second kappa shape index (κ2) is 12.4. The first-order valence-corrected chi connectivity index (χ1v) is 13.0. The zero-order chi connectivity index (χ0) is 30.6. The van der Waals surface area contributed by atoms with Gasteiger partial charge in [-0.1, -0.05) is 26.5 Å². The van der Waals surface area contributed by atoms with Gasteiger partial charge in [-0.05, 0) is 44.4 Å². The maximum absolute atomic E-state index is 13.2. The molecule has 1 unspecified atom stereocenters. The number of alkyl carbamates (subject to hydrolysis) is 1. The van der Waals surface area contributed by atoms with Crippen LogP contribution < -0.4 is 33.9 Å². The molecule has 11 nitrogen and oxygen atoms in total. The monoisotopic (exact) mass is 570 g/mol. The van der Waals surface area contributed by atoms with E-state index in [1.54, 1.807) is 65.0 Å². The third-order valence-electron chi connectivity index (χ3n) is 6.32. The number of benzene rings is 2. The summed E-state index contributed by atoms with van der Waals surface area (Å²) in [6.45, 7) is 12.7. The number of esters is 1. The molecule has 1 aliphatic rings. The SMILES string of the molecule is C=C1C(=O)N(c2cc(OC)c(OC)c(OC)c2)[C@H]1c1ccc(OC)c(OC(=O)C(NC(=O)OC(C)(C)C)C(C)C)c1. The van der Waals surface area contributed by atoms with Gasteiger partial charge in [-0.15, -0.1) is 0 Å². The predicted molar refractivity (Wildman–Crippen MR) is 152 cm³/mol. The first kappa shape index (κ1) is 31.1. The minimum Gasteiger partial charge on any atom is -0.493 e. The molecule has 1 saturated heterocycles. The van der Waals surface area contributed by atoms with Crippen molar-refractivity contribution < 1.29 is 42.8 Å². The Bertz CT molecular complexity index is 1300. The molecule has 1 N–H and O–H groups in total. The number of amides is 2. The lowest BCUT2D eigenvalue weighted by Gasteiger charge is -2.42. The largest absolute Gasteiger partial charge is 0.493 e. The Morgan fingerprint density at radius 1 is 0.902 bits per heavy atom. The van der Waals surface area contributed by atoms with Crippen LogP contribution >= 0.6 is 0 Å². The number of ether oxygens (including phenoxy) is 6. The molecule has 3 rings (SSSR count). The highest BCUT2D eigenvalue weighted by atomic mass is 16.6. The Labute approximate surface area is 240 Å². The lowest BCUT2D eigenvalue weighted by Crippen LogP contribution is -2.49. The average molecular weight is 571 g/mol. The number of nitrogens with one attached hydrogen (secondary N) is 1. The highest BCUT2D eigenvalue weighted by Gasteiger charge is 2.44. The molecule has 2 aromatic carbocycles. The standard InChI is InChI=1S/C30H38N2O9/c1-16(2)24(31-29(35)41-30(4,5)6)28(34)40-21-13-18(11-12-20(21)36-7)25-17(3)27(33)32(25)19-14-22(37-8)26(39-10)23(15-19)38-9/h11-16,24-25H,3H2,1-2,4-10H3,(H,31,35)/t24?,25-/m1/s1. The van der Waals surface area contributed by atoms with E-state index < -0.39 is 29.7 Å². The number of β-lactam (4-membered cyclic amide) rings is 1. The van der Waals surface area contributed by atoms with E-state index in [-0.39, 0.29) is 23.3 Å². The number of anilines is 1. The van der Waals surface area contributed by atoms with Crippen molar-refractivity contribution in [1.29, 1.82) is 0 Å². The molecule has 2 atom stereocenters. The molecule has 222 valence electrons. The van der Waals surface area contributed by atoms with Crippen LogP contribution in [0.2, 0.25) is 0 Å². The van der Waals surface area contributed by atoms with Crippen LogP contribution in [0.5, 0.6) is 28.7 Å². The van der Waals surface area contributed by atoms with Crippen LogP contribution in [0, 0.1) is 5.92 Å². The summed E-state index contributed by atoms with van der Waals surface area (Å²) in [6, 6.07) is 6.76. The maximum Gasteiger partial charge on any atom is 0.408 e. The fourth-order valence-electron chi connectivity index (χ4n) is 4.35. The van der Waals surface area contributed by atoms with Crippen LogP contribution in [0.25, 0.3) is 0 Å². The first-order valence-electron chi connectivity index (χ1n) is 13.0. The van der Waals surface area contributed by atoms with Crippen molar-refractivity contribution >= 4 is 23.7 Å². The van der Waals surface area contributed by atoms with Gasteiger partial charge in [0.15, 0.2) is 23.0 Å². The van der Waals surface area contributed by atoms with Crippen LogP contribution in [0.1, 0.15) is 46.2 Å². The summed E-state index contributed by atoms with van der Waals surface area (Å²) in [5.41, 5.74) is 0.720. The van der Waals surface area contributed by atoms with Gasteiger partial charge < -0.3 is 33.7 Å². The quantitative estimate of drug-likeness (QED) is 0.185. The van der Waals surface area contributed by atoms with Crippen molar-refractivity contribution in [3.05, 3.63) is 48.0 Å². The van der Waals surface area contributed by atoms with E-state index in [0.29, 0.717) is 34.1 Å². The van der Waals surface area contributed by atoms with Gasteiger partial charge in [0.2, 0.25) is 5.75 Å². The van der Waals surface area contributed by atoms with Gasteiger partial charge in [0.05, 0.1) is 40.2 Å². The molecular weight excluding hydrogens is 532 g/mol. The normalized spacial score (nSPS) is 15.6. The van der Waals surface area contributed by atoms with Crippen LogP contribution in [-0.4, -0.2) is 58.1 Å². The van der Waals surface area contributed by atoms with Gasteiger partial charge in [-0.3, -0.25) is 9.69 Å². The summed E-state index contributed by atoms with van der Waals surface area (Å²) in [4.78, 5) is 40.1. The molecule has 0 saturated carbocycles. The van der Waals surface area contributed by atoms with Gasteiger partial charge in [0, 0.05) is 17.7 Å². The lowest BCUT2D eigenvalue weighted by molar-refractivity contribution is -0.138. The van der Waals surface area contributed by atoms with Crippen molar-refractivity contribution in [3.8, 4) is 28.7 Å². The van der Waals surface area contributed by atoms with Gasteiger partial charge >= 0.3 is 12.1 Å². The number of hydrogen-bond acceptors (Lipinski definition) is 9. The van der Waals surface area contributed by atoms with E-state index in [1.165, 1.54) is 33.3 Å². The van der Waals surface area contributed by atoms with Crippen LogP contribution in [0.4, 0.5) is 10.5 Å². The zero-order valence-corrected chi connectivity index (χ0v) is 24.9. The summed E-state index contributed by atoms with van der Waals surface area (Å²) in [7, 11) is 5.91. The van der Waals surface area contributed by atoms with Gasteiger partial charge in [-0.2, -0.15) is 0 Å². The summed E-state index contributed by atoms with van der Waals surface area (Å²) in [5, 5.41) is 2.59. The Kier molecular flexibility index (Phi) is 9.42. The van der Waals surface area contributed by atoms with Crippen molar-refractivity contribution in [1.82, 2.24) is 5.32 Å². The van der Waals surface area contributed by atoms with Gasteiger partial charge in [0.1, 0.15) is 11.6 Å². The molecule has 1 fully saturated rings. The van der Waals surface area contributed by atoms with Gasteiger partial charge in [0.25, 0.3) is 5.91 Å². The molecule has 2 amide bonds. The Hall–Kier alpha value is -4.41. The minimum absolute atomic E-state index is 0.114. The number of hydrogen-bond donors (Lipinski definition) is 1. The minimum atomic E-state index is -0.991. The van der Waals surface area contributed by atoms with E-state index >= 15 is 0 Å². The number of carbonyl (C=O) groups excluding carboxylic acids is 3. The molecule has 1 aliphatic heterocycles. The maximum atomic E-state index is 13.2. The fraction of sp³-hybridized carbons (Fsp3) is 0.433. The molecular formula is C30H38N2O9. The third-order valence-corrected chi connectivity index (χ3v) is 6.32. The van der Waals surface area contributed by atoms with Gasteiger partial charge in [-0.25, -0.2) is 9.59 Å². The van der Waals surface area contributed by atoms with E-state index in [9.17, 15) is 14.4 Å².